The number of carbonyl (C=O) groups excluding carboxylic acids is 1. The average molecular weight is 364 g/mol. The molecule has 1 amide bonds. The van der Waals surface area contributed by atoms with Gasteiger partial charge in [0.05, 0.1) is 10.6 Å². The van der Waals surface area contributed by atoms with Gasteiger partial charge in [-0.05, 0) is 41.8 Å². The first-order valence-corrected chi connectivity index (χ1v) is 8.24. The monoisotopic (exact) mass is 363 g/mol. The second-order valence-electron chi connectivity index (χ2n) is 5.73. The van der Waals surface area contributed by atoms with E-state index >= 15 is 0 Å². The fraction of sp³-hybridized carbons (Fsp3) is 0.222. The molecule has 0 heterocycles. The number of halogens is 2. The topological polar surface area (TPSA) is 56.2 Å². The van der Waals surface area contributed by atoms with Crippen molar-refractivity contribution in [2.24, 2.45) is 0 Å². The summed E-state index contributed by atoms with van der Waals surface area (Å²) in [7, 11) is 1.71. The van der Waals surface area contributed by atoms with Gasteiger partial charge in [0.2, 0.25) is 5.96 Å². The Hall–Kier alpha value is -2.04. The van der Waals surface area contributed by atoms with Gasteiger partial charge < -0.3 is 4.90 Å². The third-order valence-corrected chi connectivity index (χ3v) is 4.25. The lowest BCUT2D eigenvalue weighted by molar-refractivity contribution is 0.0976. The van der Waals surface area contributed by atoms with Crippen LogP contribution >= 0.6 is 23.2 Å². The van der Waals surface area contributed by atoms with Crippen LogP contribution in [0, 0.1) is 5.41 Å². The van der Waals surface area contributed by atoms with Gasteiger partial charge >= 0.3 is 0 Å². The number of hydrogen-bond donors (Lipinski definition) is 2. The number of anilines is 1. The molecule has 2 rings (SSSR count). The molecule has 0 fully saturated rings. The van der Waals surface area contributed by atoms with Gasteiger partial charge in [-0.2, -0.15) is 0 Å². The van der Waals surface area contributed by atoms with Crippen LogP contribution in [-0.2, 0) is 0 Å². The van der Waals surface area contributed by atoms with Crippen molar-refractivity contribution in [2.45, 2.75) is 19.8 Å². The predicted molar refractivity (Wildman–Crippen MR) is 101 cm³/mol. The molecule has 126 valence electrons. The van der Waals surface area contributed by atoms with Gasteiger partial charge in [-0.3, -0.25) is 15.5 Å². The lowest BCUT2D eigenvalue weighted by Gasteiger charge is -2.21. The molecule has 0 aromatic heterocycles. The second-order valence-corrected chi connectivity index (χ2v) is 6.58. The highest BCUT2D eigenvalue weighted by molar-refractivity contribution is 6.36. The van der Waals surface area contributed by atoms with Crippen LogP contribution in [0.25, 0.3) is 0 Å². The number of guanidine groups is 1. The van der Waals surface area contributed by atoms with Crippen molar-refractivity contribution in [3.63, 3.8) is 0 Å². The summed E-state index contributed by atoms with van der Waals surface area (Å²) >= 11 is 11.9. The van der Waals surface area contributed by atoms with E-state index in [4.69, 9.17) is 28.6 Å². The highest BCUT2D eigenvalue weighted by atomic mass is 35.5. The van der Waals surface area contributed by atoms with E-state index in [-0.39, 0.29) is 16.5 Å². The zero-order chi connectivity index (χ0) is 17.9. The quantitative estimate of drug-likeness (QED) is 0.600. The zero-order valence-corrected chi connectivity index (χ0v) is 15.2. The van der Waals surface area contributed by atoms with Gasteiger partial charge in [0, 0.05) is 17.8 Å². The fourth-order valence-corrected chi connectivity index (χ4v) is 2.52. The minimum Gasteiger partial charge on any atom is -0.316 e. The van der Waals surface area contributed by atoms with E-state index in [1.165, 1.54) is 11.6 Å². The van der Waals surface area contributed by atoms with Crippen LogP contribution in [-0.4, -0.2) is 18.9 Å². The van der Waals surface area contributed by atoms with Crippen molar-refractivity contribution in [1.29, 1.82) is 5.41 Å². The van der Waals surface area contributed by atoms with Crippen molar-refractivity contribution < 1.29 is 4.79 Å². The Morgan fingerprint density at radius 3 is 2.33 bits per heavy atom. The van der Waals surface area contributed by atoms with Gasteiger partial charge in [-0.25, -0.2) is 0 Å². The molecular formula is C18H19Cl2N3O. The molecule has 0 aliphatic rings. The highest BCUT2D eigenvalue weighted by Gasteiger charge is 2.15. The molecule has 0 saturated heterocycles. The normalized spacial score (nSPS) is 10.6. The first kappa shape index (κ1) is 18.3. The molecule has 0 bridgehead atoms. The maximum absolute atomic E-state index is 12.3. The summed E-state index contributed by atoms with van der Waals surface area (Å²) in [4.78, 5) is 13.9. The summed E-state index contributed by atoms with van der Waals surface area (Å²) in [5, 5.41) is 11.3. The molecule has 2 N–H and O–H groups in total. The number of nitrogens with one attached hydrogen (secondary N) is 2. The van der Waals surface area contributed by atoms with Gasteiger partial charge in [-0.1, -0.05) is 49.2 Å². The van der Waals surface area contributed by atoms with Crippen LogP contribution in [0.4, 0.5) is 5.69 Å². The van der Waals surface area contributed by atoms with Crippen molar-refractivity contribution in [3.05, 3.63) is 63.6 Å². The van der Waals surface area contributed by atoms with Crippen LogP contribution in [0.15, 0.2) is 42.5 Å². The third-order valence-electron chi connectivity index (χ3n) is 3.69. The van der Waals surface area contributed by atoms with E-state index in [1.807, 2.05) is 24.3 Å². The lowest BCUT2D eigenvalue weighted by Crippen LogP contribution is -2.41. The van der Waals surface area contributed by atoms with Gasteiger partial charge in [0.1, 0.15) is 0 Å². The molecule has 0 saturated carbocycles. The molecule has 2 aromatic rings. The Morgan fingerprint density at radius 2 is 1.75 bits per heavy atom. The Morgan fingerprint density at radius 1 is 1.12 bits per heavy atom. The van der Waals surface area contributed by atoms with Crippen molar-refractivity contribution >= 4 is 40.8 Å². The Labute approximate surface area is 151 Å². The van der Waals surface area contributed by atoms with Gasteiger partial charge in [0.15, 0.2) is 0 Å². The number of nitrogens with zero attached hydrogens (tertiary/aromatic N) is 1. The van der Waals surface area contributed by atoms with Crippen LogP contribution < -0.4 is 10.2 Å². The van der Waals surface area contributed by atoms with E-state index in [2.05, 4.69) is 19.2 Å². The van der Waals surface area contributed by atoms with E-state index in [0.29, 0.717) is 10.9 Å². The molecule has 0 unspecified atom stereocenters. The van der Waals surface area contributed by atoms with E-state index in [9.17, 15) is 4.79 Å². The largest absolute Gasteiger partial charge is 0.316 e. The number of hydrogen-bond acceptors (Lipinski definition) is 2. The third kappa shape index (κ3) is 4.28. The second kappa shape index (κ2) is 7.69. The van der Waals surface area contributed by atoms with Crippen LogP contribution in [0.3, 0.4) is 0 Å². The van der Waals surface area contributed by atoms with Gasteiger partial charge in [-0.15, -0.1) is 0 Å². The van der Waals surface area contributed by atoms with Crippen molar-refractivity contribution in [2.75, 3.05) is 11.9 Å². The zero-order valence-electron chi connectivity index (χ0n) is 13.7. The molecule has 0 aliphatic heterocycles. The van der Waals surface area contributed by atoms with Gasteiger partial charge in [0.25, 0.3) is 5.91 Å². The molecule has 0 spiro atoms. The fourth-order valence-electron chi connectivity index (χ4n) is 2.14. The SMILES string of the molecule is CC(C)c1ccc(N(C)C(=N)NC(=O)c2cc(Cl)ccc2Cl)cc1. The standard InChI is InChI=1S/C18H19Cl2N3O/c1-11(2)12-4-7-14(8-5-12)23(3)18(21)22-17(24)15-10-13(19)6-9-16(15)20/h4-11H,1-3H3,(H2,21,22,24). The number of rotatable bonds is 3. The molecule has 4 nitrogen and oxygen atoms in total. The van der Waals surface area contributed by atoms with E-state index in [1.54, 1.807) is 24.1 Å². The summed E-state index contributed by atoms with van der Waals surface area (Å²) in [6, 6.07) is 12.5. The number of benzene rings is 2. The minimum atomic E-state index is -0.474. The smallest absolute Gasteiger partial charge is 0.259 e. The molecule has 0 aliphatic carbocycles. The van der Waals surface area contributed by atoms with Crippen molar-refractivity contribution in [1.82, 2.24) is 5.32 Å². The summed E-state index contributed by atoms with van der Waals surface area (Å²) in [5.41, 5.74) is 2.26. The predicted octanol–water partition coefficient (Wildman–Crippen LogP) is 4.92. The minimum absolute atomic E-state index is 0.0478. The molecule has 2 aromatic carbocycles. The Balaban J connectivity index is 2.10. The average Bonchev–Trinajstić information content (AvgIpc) is 2.56. The Bertz CT molecular complexity index is 757. The number of amides is 1. The first-order chi connectivity index (χ1) is 11.3. The van der Waals surface area contributed by atoms with Crippen LogP contribution in [0.5, 0.6) is 0 Å². The summed E-state index contributed by atoms with van der Waals surface area (Å²) < 4.78 is 0. The maximum atomic E-state index is 12.3. The highest BCUT2D eigenvalue weighted by Crippen LogP contribution is 2.21. The molecule has 0 atom stereocenters. The molecular weight excluding hydrogens is 345 g/mol. The van der Waals surface area contributed by atoms with E-state index < -0.39 is 5.91 Å². The molecule has 24 heavy (non-hydrogen) atoms. The molecule has 6 heteroatoms. The van der Waals surface area contributed by atoms with E-state index in [0.717, 1.165) is 5.69 Å². The summed E-state index contributed by atoms with van der Waals surface area (Å²) in [6.45, 7) is 4.24. The molecule has 0 radical (unpaired) electrons. The number of carbonyl (C=O) groups is 1. The summed E-state index contributed by atoms with van der Waals surface area (Å²) in [6.07, 6.45) is 0. The Kier molecular flexibility index (Phi) is 5.86. The first-order valence-electron chi connectivity index (χ1n) is 7.48. The lowest BCUT2D eigenvalue weighted by atomic mass is 10.0. The van der Waals surface area contributed by atoms with Crippen molar-refractivity contribution in [3.8, 4) is 0 Å². The van der Waals surface area contributed by atoms with Crippen LogP contribution in [0.1, 0.15) is 35.7 Å². The summed E-state index contributed by atoms with van der Waals surface area (Å²) in [5.74, 6) is -0.0834. The van der Waals surface area contributed by atoms with Crippen LogP contribution in [0.2, 0.25) is 10.0 Å². The maximum Gasteiger partial charge on any atom is 0.259 e.